The minimum atomic E-state index is -4.43. The second-order valence-corrected chi connectivity index (χ2v) is 5.51. The number of methoxy groups -OCH3 is 2. The molecule has 0 saturated carbocycles. The predicted molar refractivity (Wildman–Crippen MR) is 72.5 cm³/mol. The third-order valence-corrected chi connectivity index (χ3v) is 4.23. The van der Waals surface area contributed by atoms with E-state index in [1.54, 1.807) is 18.2 Å². The Balaban J connectivity index is 2.33. The standard InChI is InChI=1S/C13H14F3NO3S/c1-19-9-3-8(4-10(5-9)20-2)12-17(7-13(14,15)16)11(18)6-21-12/h3-5,12H,6-7H2,1-2H3. The summed E-state index contributed by atoms with van der Waals surface area (Å²) in [7, 11) is 2.91. The Hall–Kier alpha value is -1.57. The van der Waals surface area contributed by atoms with Crippen LogP contribution in [0.25, 0.3) is 0 Å². The molecule has 1 aromatic carbocycles. The normalized spacial score (nSPS) is 19.0. The number of hydrogen-bond acceptors (Lipinski definition) is 4. The first-order valence-corrected chi connectivity index (χ1v) is 7.09. The van der Waals surface area contributed by atoms with E-state index in [2.05, 4.69) is 0 Å². The number of ether oxygens (including phenoxy) is 2. The molecule has 1 unspecified atom stereocenters. The van der Waals surface area contributed by atoms with Gasteiger partial charge in [-0.25, -0.2) is 0 Å². The van der Waals surface area contributed by atoms with Crippen molar-refractivity contribution in [2.24, 2.45) is 0 Å². The Kier molecular flexibility index (Phi) is 4.55. The second-order valence-electron chi connectivity index (χ2n) is 4.45. The Morgan fingerprint density at radius 1 is 1.24 bits per heavy atom. The smallest absolute Gasteiger partial charge is 0.406 e. The van der Waals surface area contributed by atoms with Crippen LogP contribution < -0.4 is 9.47 Å². The molecule has 0 radical (unpaired) electrons. The van der Waals surface area contributed by atoms with Crippen LogP contribution in [0.2, 0.25) is 0 Å². The summed E-state index contributed by atoms with van der Waals surface area (Å²) in [6.45, 7) is -1.26. The molecule has 0 aliphatic carbocycles. The summed E-state index contributed by atoms with van der Waals surface area (Å²) in [6.07, 6.45) is -4.43. The molecule has 4 nitrogen and oxygen atoms in total. The number of rotatable bonds is 4. The van der Waals surface area contributed by atoms with Gasteiger partial charge in [0, 0.05) is 6.07 Å². The number of benzene rings is 1. The number of carbonyl (C=O) groups is 1. The second kappa shape index (κ2) is 6.05. The maximum absolute atomic E-state index is 12.6. The van der Waals surface area contributed by atoms with Crippen LogP contribution in [0.1, 0.15) is 10.9 Å². The van der Waals surface area contributed by atoms with Crippen LogP contribution in [-0.4, -0.2) is 43.5 Å². The molecule has 1 aliphatic rings. The third-order valence-electron chi connectivity index (χ3n) is 2.98. The van der Waals surface area contributed by atoms with Crippen molar-refractivity contribution in [3.05, 3.63) is 23.8 Å². The molecule has 116 valence electrons. The number of amides is 1. The van der Waals surface area contributed by atoms with Gasteiger partial charge in [-0.1, -0.05) is 0 Å². The van der Waals surface area contributed by atoms with Crippen molar-refractivity contribution in [1.29, 1.82) is 0 Å². The van der Waals surface area contributed by atoms with E-state index in [1.807, 2.05) is 0 Å². The largest absolute Gasteiger partial charge is 0.497 e. The first kappa shape index (κ1) is 15.8. The summed E-state index contributed by atoms with van der Waals surface area (Å²) >= 11 is 1.16. The third kappa shape index (κ3) is 3.75. The van der Waals surface area contributed by atoms with Crippen LogP contribution >= 0.6 is 11.8 Å². The Morgan fingerprint density at radius 2 is 1.81 bits per heavy atom. The van der Waals surface area contributed by atoms with Gasteiger partial charge in [0.2, 0.25) is 5.91 Å². The maximum atomic E-state index is 12.6. The van der Waals surface area contributed by atoms with Crippen molar-refractivity contribution >= 4 is 17.7 Å². The van der Waals surface area contributed by atoms with Gasteiger partial charge in [-0.15, -0.1) is 11.8 Å². The Morgan fingerprint density at radius 3 is 2.29 bits per heavy atom. The lowest BCUT2D eigenvalue weighted by Gasteiger charge is -2.25. The minimum Gasteiger partial charge on any atom is -0.497 e. The molecule has 2 rings (SSSR count). The van der Waals surface area contributed by atoms with Gasteiger partial charge in [-0.3, -0.25) is 4.79 Å². The number of hydrogen-bond donors (Lipinski definition) is 0. The number of carbonyl (C=O) groups excluding carboxylic acids is 1. The van der Waals surface area contributed by atoms with Crippen LogP contribution in [0.3, 0.4) is 0 Å². The van der Waals surface area contributed by atoms with Gasteiger partial charge in [-0.05, 0) is 17.7 Å². The quantitative estimate of drug-likeness (QED) is 0.855. The van der Waals surface area contributed by atoms with Crippen molar-refractivity contribution < 1.29 is 27.4 Å². The van der Waals surface area contributed by atoms with E-state index < -0.39 is 24.0 Å². The first-order chi connectivity index (χ1) is 9.84. The first-order valence-electron chi connectivity index (χ1n) is 6.05. The Bertz CT molecular complexity index is 514. The average Bonchev–Trinajstić information content (AvgIpc) is 2.77. The fraction of sp³-hybridized carbons (Fsp3) is 0.462. The lowest BCUT2D eigenvalue weighted by molar-refractivity contribution is -0.159. The SMILES string of the molecule is COc1cc(OC)cc(C2SCC(=O)N2CC(F)(F)F)c1. The van der Waals surface area contributed by atoms with E-state index in [9.17, 15) is 18.0 Å². The average molecular weight is 321 g/mol. The number of halogens is 3. The summed E-state index contributed by atoms with van der Waals surface area (Å²) in [5.41, 5.74) is 0.548. The van der Waals surface area contributed by atoms with Crippen molar-refractivity contribution in [2.45, 2.75) is 11.6 Å². The van der Waals surface area contributed by atoms with E-state index in [-0.39, 0.29) is 5.75 Å². The molecule has 0 bridgehead atoms. The molecule has 0 N–H and O–H groups in total. The molecule has 1 aromatic rings. The maximum Gasteiger partial charge on any atom is 0.406 e. The zero-order valence-electron chi connectivity index (χ0n) is 11.4. The molecule has 0 spiro atoms. The molecular weight excluding hydrogens is 307 g/mol. The van der Waals surface area contributed by atoms with Crippen LogP contribution in [-0.2, 0) is 4.79 Å². The molecule has 1 amide bonds. The van der Waals surface area contributed by atoms with Gasteiger partial charge in [0.15, 0.2) is 0 Å². The molecule has 1 saturated heterocycles. The molecule has 8 heteroatoms. The Labute approximate surface area is 124 Å². The lowest BCUT2D eigenvalue weighted by Crippen LogP contribution is -2.37. The van der Waals surface area contributed by atoms with E-state index in [1.165, 1.54) is 14.2 Å². The summed E-state index contributed by atoms with van der Waals surface area (Å²) < 4.78 is 48.0. The number of alkyl halides is 3. The van der Waals surface area contributed by atoms with Crippen LogP contribution in [0.15, 0.2) is 18.2 Å². The van der Waals surface area contributed by atoms with Gasteiger partial charge in [-0.2, -0.15) is 13.2 Å². The molecule has 1 aliphatic heterocycles. The van der Waals surface area contributed by atoms with E-state index in [0.717, 1.165) is 16.7 Å². The summed E-state index contributed by atoms with van der Waals surface area (Å²) in [5.74, 6) is 0.442. The summed E-state index contributed by atoms with van der Waals surface area (Å²) in [6, 6.07) is 4.85. The minimum absolute atomic E-state index is 0.0280. The highest BCUT2D eigenvalue weighted by Crippen LogP contribution is 2.42. The highest BCUT2D eigenvalue weighted by atomic mass is 32.2. The van der Waals surface area contributed by atoms with Crippen molar-refractivity contribution in [2.75, 3.05) is 26.5 Å². The molecule has 0 aromatic heterocycles. The highest BCUT2D eigenvalue weighted by Gasteiger charge is 2.41. The fourth-order valence-corrected chi connectivity index (χ4v) is 3.23. The van der Waals surface area contributed by atoms with Crippen LogP contribution in [0.5, 0.6) is 11.5 Å². The van der Waals surface area contributed by atoms with Gasteiger partial charge in [0.05, 0.1) is 20.0 Å². The molecule has 1 atom stereocenters. The van der Waals surface area contributed by atoms with Gasteiger partial charge < -0.3 is 14.4 Å². The van der Waals surface area contributed by atoms with E-state index in [4.69, 9.17) is 9.47 Å². The van der Waals surface area contributed by atoms with Gasteiger partial charge in [0.25, 0.3) is 0 Å². The molecule has 1 heterocycles. The molecular formula is C13H14F3NO3S. The monoisotopic (exact) mass is 321 g/mol. The van der Waals surface area contributed by atoms with Crippen molar-refractivity contribution in [3.63, 3.8) is 0 Å². The summed E-state index contributed by atoms with van der Waals surface area (Å²) in [5, 5.41) is -0.692. The lowest BCUT2D eigenvalue weighted by atomic mass is 10.1. The number of nitrogens with zero attached hydrogens (tertiary/aromatic N) is 1. The van der Waals surface area contributed by atoms with Crippen LogP contribution in [0, 0.1) is 0 Å². The topological polar surface area (TPSA) is 38.8 Å². The zero-order valence-corrected chi connectivity index (χ0v) is 12.3. The summed E-state index contributed by atoms with van der Waals surface area (Å²) in [4.78, 5) is 12.5. The van der Waals surface area contributed by atoms with E-state index in [0.29, 0.717) is 17.1 Å². The van der Waals surface area contributed by atoms with Crippen LogP contribution in [0.4, 0.5) is 13.2 Å². The molecule has 1 fully saturated rings. The number of thioether (sulfide) groups is 1. The van der Waals surface area contributed by atoms with E-state index >= 15 is 0 Å². The fourth-order valence-electron chi connectivity index (χ4n) is 2.07. The molecule has 21 heavy (non-hydrogen) atoms. The van der Waals surface area contributed by atoms with Gasteiger partial charge >= 0.3 is 6.18 Å². The van der Waals surface area contributed by atoms with Gasteiger partial charge in [0.1, 0.15) is 23.4 Å². The van der Waals surface area contributed by atoms with Crippen molar-refractivity contribution in [1.82, 2.24) is 4.90 Å². The zero-order chi connectivity index (χ0) is 15.6. The highest BCUT2D eigenvalue weighted by molar-refractivity contribution is 8.00. The van der Waals surface area contributed by atoms with Crippen molar-refractivity contribution in [3.8, 4) is 11.5 Å². The predicted octanol–water partition coefficient (Wildman–Crippen LogP) is 2.84.